The van der Waals surface area contributed by atoms with Crippen LogP contribution in [0.3, 0.4) is 0 Å². The van der Waals surface area contributed by atoms with E-state index in [4.69, 9.17) is 5.73 Å². The van der Waals surface area contributed by atoms with Crippen molar-refractivity contribution in [2.24, 2.45) is 11.7 Å². The summed E-state index contributed by atoms with van der Waals surface area (Å²) in [6.45, 7) is 1.73. The highest BCUT2D eigenvalue weighted by Crippen LogP contribution is 2.30. The minimum atomic E-state index is -3.00. The number of carbonyl (C=O) groups is 1. The van der Waals surface area contributed by atoms with Crippen molar-refractivity contribution in [1.82, 2.24) is 5.32 Å². The lowest BCUT2D eigenvalue weighted by Crippen LogP contribution is -2.40. The van der Waals surface area contributed by atoms with Crippen molar-refractivity contribution in [3.63, 3.8) is 0 Å². The lowest BCUT2D eigenvalue weighted by Gasteiger charge is -2.07. The fourth-order valence-electron chi connectivity index (χ4n) is 1.22. The predicted octanol–water partition coefficient (Wildman–Crippen LogP) is -0.725. The highest BCUT2D eigenvalue weighted by Gasteiger charge is 2.27. The molecule has 1 rings (SSSR count). The van der Waals surface area contributed by atoms with Crippen LogP contribution in [0.2, 0.25) is 0 Å². The molecule has 1 aliphatic rings. The van der Waals surface area contributed by atoms with E-state index < -0.39 is 15.9 Å². The van der Waals surface area contributed by atoms with Gasteiger partial charge in [-0.1, -0.05) is 0 Å². The molecule has 5 nitrogen and oxygen atoms in total. The molecule has 88 valence electrons. The smallest absolute Gasteiger partial charge is 0.236 e. The molecule has 1 unspecified atom stereocenters. The van der Waals surface area contributed by atoms with Gasteiger partial charge in [-0.2, -0.15) is 0 Å². The summed E-state index contributed by atoms with van der Waals surface area (Å²) in [5, 5.41) is 2.49. The van der Waals surface area contributed by atoms with Crippen LogP contribution in [0.5, 0.6) is 0 Å². The second-order valence-electron chi connectivity index (χ2n) is 4.14. The van der Waals surface area contributed by atoms with Gasteiger partial charge in [0.2, 0.25) is 5.91 Å². The molecule has 1 saturated carbocycles. The first-order valence-corrected chi connectivity index (χ1v) is 6.96. The number of nitrogens with two attached hydrogens (primary N) is 1. The standard InChI is InChI=1S/C9H18N2O3S/c1-7(10)9(12)11-4-5-15(13,14)6-8-2-3-8/h7-8H,2-6,10H2,1H3,(H,11,12). The van der Waals surface area contributed by atoms with Gasteiger partial charge in [0.15, 0.2) is 9.84 Å². The zero-order valence-electron chi connectivity index (χ0n) is 8.90. The summed E-state index contributed by atoms with van der Waals surface area (Å²) in [5.74, 6) is 0.332. The van der Waals surface area contributed by atoms with Gasteiger partial charge < -0.3 is 11.1 Å². The molecule has 0 heterocycles. The van der Waals surface area contributed by atoms with Gasteiger partial charge in [-0.15, -0.1) is 0 Å². The second kappa shape index (κ2) is 4.94. The van der Waals surface area contributed by atoms with Crippen LogP contribution >= 0.6 is 0 Å². The molecule has 1 atom stereocenters. The van der Waals surface area contributed by atoms with E-state index in [1.54, 1.807) is 6.92 Å². The number of carbonyl (C=O) groups excluding carboxylic acids is 1. The van der Waals surface area contributed by atoms with Crippen molar-refractivity contribution in [2.75, 3.05) is 18.1 Å². The molecule has 6 heteroatoms. The van der Waals surface area contributed by atoms with Crippen molar-refractivity contribution < 1.29 is 13.2 Å². The molecule has 0 aromatic rings. The number of sulfone groups is 1. The summed E-state index contributed by atoms with van der Waals surface area (Å²) in [7, 11) is -3.00. The number of amides is 1. The zero-order valence-corrected chi connectivity index (χ0v) is 9.72. The van der Waals surface area contributed by atoms with E-state index in [0.717, 1.165) is 12.8 Å². The van der Waals surface area contributed by atoms with Crippen molar-refractivity contribution in [3.05, 3.63) is 0 Å². The Labute approximate surface area is 90.3 Å². The Morgan fingerprint density at radius 1 is 1.53 bits per heavy atom. The molecule has 0 aromatic carbocycles. The van der Waals surface area contributed by atoms with E-state index in [9.17, 15) is 13.2 Å². The van der Waals surface area contributed by atoms with Gasteiger partial charge in [-0.25, -0.2) is 8.42 Å². The van der Waals surface area contributed by atoms with Crippen molar-refractivity contribution in [1.29, 1.82) is 0 Å². The summed E-state index contributed by atoms with van der Waals surface area (Å²) in [6.07, 6.45) is 2.04. The molecule has 0 aliphatic heterocycles. The van der Waals surface area contributed by atoms with Crippen molar-refractivity contribution >= 4 is 15.7 Å². The molecule has 1 fully saturated rings. The number of rotatable bonds is 6. The second-order valence-corrected chi connectivity index (χ2v) is 6.37. The summed E-state index contributed by atoms with van der Waals surface area (Å²) in [4.78, 5) is 11.0. The first-order chi connectivity index (χ1) is 6.91. The van der Waals surface area contributed by atoms with E-state index in [1.807, 2.05) is 0 Å². The highest BCUT2D eigenvalue weighted by molar-refractivity contribution is 7.91. The maximum absolute atomic E-state index is 11.4. The first kappa shape index (κ1) is 12.4. The van der Waals surface area contributed by atoms with E-state index >= 15 is 0 Å². The van der Waals surface area contributed by atoms with Crippen LogP contribution in [0, 0.1) is 5.92 Å². The molecule has 0 spiro atoms. The minimum absolute atomic E-state index is 0.0158. The minimum Gasteiger partial charge on any atom is -0.354 e. The Morgan fingerprint density at radius 2 is 2.13 bits per heavy atom. The van der Waals surface area contributed by atoms with Crippen LogP contribution in [-0.2, 0) is 14.6 Å². The van der Waals surface area contributed by atoms with Crippen molar-refractivity contribution in [2.45, 2.75) is 25.8 Å². The van der Waals surface area contributed by atoms with E-state index in [2.05, 4.69) is 5.32 Å². The van der Waals surface area contributed by atoms with Crippen LogP contribution < -0.4 is 11.1 Å². The van der Waals surface area contributed by atoms with Crippen molar-refractivity contribution in [3.8, 4) is 0 Å². The topological polar surface area (TPSA) is 89.3 Å². The van der Waals surface area contributed by atoms with Gasteiger partial charge >= 0.3 is 0 Å². The van der Waals surface area contributed by atoms with Crippen LogP contribution in [0.4, 0.5) is 0 Å². The van der Waals surface area contributed by atoms with Gasteiger partial charge in [-0.05, 0) is 25.7 Å². The van der Waals surface area contributed by atoms with E-state index in [-0.39, 0.29) is 24.0 Å². The van der Waals surface area contributed by atoms with Crippen LogP contribution in [-0.4, -0.2) is 38.4 Å². The summed E-state index contributed by atoms with van der Waals surface area (Å²) in [6, 6.07) is -0.587. The zero-order chi connectivity index (χ0) is 11.5. The summed E-state index contributed by atoms with van der Waals surface area (Å²) in [5.41, 5.74) is 5.32. The Balaban J connectivity index is 2.20. The fraction of sp³-hybridized carbons (Fsp3) is 0.889. The van der Waals surface area contributed by atoms with Gasteiger partial charge in [0, 0.05) is 6.54 Å². The SMILES string of the molecule is CC(N)C(=O)NCCS(=O)(=O)CC1CC1. The number of hydrogen-bond donors (Lipinski definition) is 2. The quantitative estimate of drug-likeness (QED) is 0.634. The molecular weight excluding hydrogens is 216 g/mol. The van der Waals surface area contributed by atoms with Gasteiger partial charge in [-0.3, -0.25) is 4.79 Å². The molecule has 0 bridgehead atoms. The maximum atomic E-state index is 11.4. The molecule has 3 N–H and O–H groups in total. The number of nitrogens with one attached hydrogen (secondary N) is 1. The average molecular weight is 234 g/mol. The lowest BCUT2D eigenvalue weighted by atomic mass is 10.3. The predicted molar refractivity (Wildman–Crippen MR) is 58.0 cm³/mol. The van der Waals surface area contributed by atoms with Crippen LogP contribution in [0.15, 0.2) is 0 Å². The van der Waals surface area contributed by atoms with Crippen LogP contribution in [0.1, 0.15) is 19.8 Å². The highest BCUT2D eigenvalue weighted by atomic mass is 32.2. The third-order valence-electron chi connectivity index (χ3n) is 2.31. The Bertz CT molecular complexity index is 320. The molecule has 1 aliphatic carbocycles. The largest absolute Gasteiger partial charge is 0.354 e. The Hall–Kier alpha value is -0.620. The van der Waals surface area contributed by atoms with Gasteiger partial charge in [0.05, 0.1) is 17.5 Å². The molecule has 0 aromatic heterocycles. The number of hydrogen-bond acceptors (Lipinski definition) is 4. The van der Waals surface area contributed by atoms with Gasteiger partial charge in [0.25, 0.3) is 0 Å². The lowest BCUT2D eigenvalue weighted by molar-refractivity contribution is -0.121. The van der Waals surface area contributed by atoms with Crippen LogP contribution in [0.25, 0.3) is 0 Å². The third kappa shape index (κ3) is 5.13. The molecule has 1 amide bonds. The van der Waals surface area contributed by atoms with E-state index in [0.29, 0.717) is 5.92 Å². The third-order valence-corrected chi connectivity index (χ3v) is 4.12. The maximum Gasteiger partial charge on any atom is 0.236 e. The monoisotopic (exact) mass is 234 g/mol. The summed E-state index contributed by atoms with van der Waals surface area (Å²) >= 11 is 0. The average Bonchev–Trinajstić information content (AvgIpc) is 2.86. The molecule has 0 radical (unpaired) electrons. The summed E-state index contributed by atoms with van der Waals surface area (Å²) < 4.78 is 22.9. The molecule has 15 heavy (non-hydrogen) atoms. The normalized spacial score (nSPS) is 18.5. The fourth-order valence-corrected chi connectivity index (χ4v) is 2.85. The Morgan fingerprint density at radius 3 is 2.60 bits per heavy atom. The molecule has 0 saturated heterocycles. The van der Waals surface area contributed by atoms with E-state index in [1.165, 1.54) is 0 Å². The van der Waals surface area contributed by atoms with Gasteiger partial charge in [0.1, 0.15) is 0 Å². The Kier molecular flexibility index (Phi) is 4.10. The first-order valence-electron chi connectivity index (χ1n) is 5.14. The molecular formula is C9H18N2O3S.